The monoisotopic (exact) mass is 385 g/mol. The summed E-state index contributed by atoms with van der Waals surface area (Å²) in [5.41, 5.74) is 2.25. The summed E-state index contributed by atoms with van der Waals surface area (Å²) in [6, 6.07) is 9.17. The summed E-state index contributed by atoms with van der Waals surface area (Å²) < 4.78 is 5.58. The molecule has 2 aromatic heterocycles. The summed E-state index contributed by atoms with van der Waals surface area (Å²) in [6.07, 6.45) is -0.506. The number of fused-ring (bicyclic) bond motifs is 1. The summed E-state index contributed by atoms with van der Waals surface area (Å²) in [5.74, 6) is 0.300. The summed E-state index contributed by atoms with van der Waals surface area (Å²) in [4.78, 5) is 30.2. The molecule has 0 spiro atoms. The minimum absolute atomic E-state index is 0.166. The van der Waals surface area contributed by atoms with Crippen LogP contribution in [0.4, 0.5) is 10.8 Å². The molecule has 132 valence electrons. The quantitative estimate of drug-likeness (QED) is 0.710. The Labute approximate surface area is 157 Å². The van der Waals surface area contributed by atoms with E-state index in [1.54, 1.807) is 13.0 Å². The second-order valence-electron chi connectivity index (χ2n) is 5.82. The number of amides is 2. The maximum absolute atomic E-state index is 12.2. The summed E-state index contributed by atoms with van der Waals surface area (Å²) >= 11 is 2.80. The predicted octanol–water partition coefficient (Wildman–Crippen LogP) is 4.15. The van der Waals surface area contributed by atoms with Gasteiger partial charge in [0.15, 0.2) is 11.2 Å². The van der Waals surface area contributed by atoms with Crippen LogP contribution in [0.2, 0.25) is 0 Å². The Hall–Kier alpha value is -2.71. The summed E-state index contributed by atoms with van der Waals surface area (Å²) in [7, 11) is 0. The van der Waals surface area contributed by atoms with Gasteiger partial charge in [0.05, 0.1) is 16.3 Å². The van der Waals surface area contributed by atoms with Crippen molar-refractivity contribution in [1.82, 2.24) is 4.98 Å². The van der Waals surface area contributed by atoms with Gasteiger partial charge in [0.25, 0.3) is 11.8 Å². The molecule has 8 heteroatoms. The van der Waals surface area contributed by atoms with E-state index in [9.17, 15) is 9.59 Å². The zero-order valence-corrected chi connectivity index (χ0v) is 15.7. The number of hydrogen-bond acceptors (Lipinski definition) is 6. The Morgan fingerprint density at radius 3 is 2.96 bits per heavy atom. The van der Waals surface area contributed by atoms with Gasteiger partial charge in [-0.15, -0.1) is 22.7 Å². The number of nitrogens with zero attached hydrogens (tertiary/aromatic N) is 1. The average Bonchev–Trinajstić information content (AvgIpc) is 3.25. The number of ether oxygens (including phenoxy) is 1. The molecule has 2 amide bonds. The van der Waals surface area contributed by atoms with Crippen LogP contribution in [0.5, 0.6) is 5.75 Å². The van der Waals surface area contributed by atoms with Crippen molar-refractivity contribution in [3.63, 3.8) is 0 Å². The zero-order valence-electron chi connectivity index (χ0n) is 14.0. The number of thiophene rings is 1. The second-order valence-corrected chi connectivity index (χ2v) is 7.97. The Morgan fingerprint density at radius 1 is 1.35 bits per heavy atom. The van der Waals surface area contributed by atoms with E-state index in [1.807, 2.05) is 36.6 Å². The number of carbonyl (C=O) groups is 2. The van der Waals surface area contributed by atoms with Crippen LogP contribution in [-0.4, -0.2) is 22.9 Å². The summed E-state index contributed by atoms with van der Waals surface area (Å²) in [6.45, 7) is 3.66. The van der Waals surface area contributed by atoms with E-state index in [4.69, 9.17) is 4.74 Å². The van der Waals surface area contributed by atoms with Crippen molar-refractivity contribution >= 4 is 45.3 Å². The molecule has 1 atom stereocenters. The Morgan fingerprint density at radius 2 is 2.19 bits per heavy atom. The van der Waals surface area contributed by atoms with Crippen molar-refractivity contribution in [2.24, 2.45) is 0 Å². The van der Waals surface area contributed by atoms with E-state index in [2.05, 4.69) is 15.6 Å². The lowest BCUT2D eigenvalue weighted by Crippen LogP contribution is -2.34. The minimum atomic E-state index is -0.506. The maximum Gasteiger partial charge on any atom is 0.267 e. The highest BCUT2D eigenvalue weighted by Gasteiger charge is 2.24. The SMILES string of the molecule is Cc1sc(NC(=O)c2cccs2)nc1-c1ccc2c(c1)NC(=O)C(C)O2. The molecular formula is C18H15N3O3S2. The number of benzene rings is 1. The second kappa shape index (κ2) is 6.54. The van der Waals surface area contributed by atoms with Gasteiger partial charge in [0.2, 0.25) is 0 Å². The number of nitrogens with one attached hydrogen (secondary N) is 2. The number of carbonyl (C=O) groups excluding carboxylic acids is 2. The third-order valence-electron chi connectivity index (χ3n) is 3.95. The molecule has 2 N–H and O–H groups in total. The van der Waals surface area contributed by atoms with Crippen molar-refractivity contribution in [3.8, 4) is 17.0 Å². The van der Waals surface area contributed by atoms with Crippen LogP contribution in [0.1, 0.15) is 21.5 Å². The van der Waals surface area contributed by atoms with Gasteiger partial charge in [0, 0.05) is 10.4 Å². The molecule has 0 fully saturated rings. The number of aromatic nitrogens is 1. The first kappa shape index (κ1) is 16.7. The average molecular weight is 385 g/mol. The van der Waals surface area contributed by atoms with E-state index >= 15 is 0 Å². The van der Waals surface area contributed by atoms with Crippen LogP contribution in [0, 0.1) is 6.92 Å². The third kappa shape index (κ3) is 3.09. The number of rotatable bonds is 3. The fraction of sp³-hybridized carbons (Fsp3) is 0.167. The first-order valence-corrected chi connectivity index (χ1v) is 9.65. The Bertz CT molecular complexity index is 995. The van der Waals surface area contributed by atoms with E-state index < -0.39 is 6.10 Å². The highest BCUT2D eigenvalue weighted by molar-refractivity contribution is 7.16. The Kier molecular flexibility index (Phi) is 4.21. The molecule has 6 nitrogen and oxygen atoms in total. The van der Waals surface area contributed by atoms with Gasteiger partial charge in [-0.25, -0.2) is 4.98 Å². The molecule has 0 bridgehead atoms. The van der Waals surface area contributed by atoms with Crippen molar-refractivity contribution in [2.45, 2.75) is 20.0 Å². The van der Waals surface area contributed by atoms with Crippen molar-refractivity contribution in [1.29, 1.82) is 0 Å². The van der Waals surface area contributed by atoms with Crippen molar-refractivity contribution in [3.05, 3.63) is 45.5 Å². The topological polar surface area (TPSA) is 80.3 Å². The minimum Gasteiger partial charge on any atom is -0.479 e. The van der Waals surface area contributed by atoms with E-state index in [-0.39, 0.29) is 11.8 Å². The molecule has 4 rings (SSSR count). The third-order valence-corrected chi connectivity index (χ3v) is 5.70. The number of aryl methyl sites for hydroxylation is 1. The van der Waals surface area contributed by atoms with E-state index in [0.717, 1.165) is 16.1 Å². The van der Waals surface area contributed by atoms with Gasteiger partial charge in [-0.1, -0.05) is 6.07 Å². The number of thiazole rings is 1. The van der Waals surface area contributed by atoms with Gasteiger partial charge in [-0.2, -0.15) is 0 Å². The molecule has 1 aliphatic rings. The molecule has 0 saturated carbocycles. The van der Waals surface area contributed by atoms with Gasteiger partial charge in [0.1, 0.15) is 5.75 Å². The number of anilines is 2. The van der Waals surface area contributed by atoms with Crippen LogP contribution in [-0.2, 0) is 4.79 Å². The molecule has 3 aromatic rings. The lowest BCUT2D eigenvalue weighted by molar-refractivity contribution is -0.122. The first-order chi connectivity index (χ1) is 12.5. The molecule has 1 aliphatic heterocycles. The fourth-order valence-corrected chi connectivity index (χ4v) is 4.09. The van der Waals surface area contributed by atoms with Crippen LogP contribution < -0.4 is 15.4 Å². The smallest absolute Gasteiger partial charge is 0.267 e. The highest BCUT2D eigenvalue weighted by atomic mass is 32.1. The largest absolute Gasteiger partial charge is 0.479 e. The molecule has 26 heavy (non-hydrogen) atoms. The molecule has 0 radical (unpaired) electrons. The predicted molar refractivity (Wildman–Crippen MR) is 103 cm³/mol. The van der Waals surface area contributed by atoms with Crippen LogP contribution >= 0.6 is 22.7 Å². The van der Waals surface area contributed by atoms with Crippen LogP contribution in [0.3, 0.4) is 0 Å². The lowest BCUT2D eigenvalue weighted by Gasteiger charge is -2.23. The van der Waals surface area contributed by atoms with Crippen molar-refractivity contribution in [2.75, 3.05) is 10.6 Å². The highest BCUT2D eigenvalue weighted by Crippen LogP contribution is 2.37. The zero-order chi connectivity index (χ0) is 18.3. The summed E-state index contributed by atoms with van der Waals surface area (Å²) in [5, 5.41) is 8.08. The lowest BCUT2D eigenvalue weighted by atomic mass is 10.1. The maximum atomic E-state index is 12.2. The van der Waals surface area contributed by atoms with Crippen LogP contribution in [0.15, 0.2) is 35.7 Å². The van der Waals surface area contributed by atoms with Crippen molar-refractivity contribution < 1.29 is 14.3 Å². The first-order valence-electron chi connectivity index (χ1n) is 7.95. The molecule has 3 heterocycles. The standard InChI is InChI=1S/C18H15N3O3S2/c1-9-16(22)19-12-8-11(5-6-13(12)24-9)15-10(2)26-18(20-15)21-17(23)14-4-3-7-25-14/h3-9H,1-2H3,(H,19,22)(H,20,21,23). The fourth-order valence-electron chi connectivity index (χ4n) is 2.64. The molecule has 0 aliphatic carbocycles. The number of hydrogen-bond donors (Lipinski definition) is 2. The van der Waals surface area contributed by atoms with E-state index in [0.29, 0.717) is 21.4 Å². The van der Waals surface area contributed by atoms with E-state index in [1.165, 1.54) is 22.7 Å². The molecular weight excluding hydrogens is 370 g/mol. The molecule has 0 saturated heterocycles. The van der Waals surface area contributed by atoms with Crippen LogP contribution in [0.25, 0.3) is 11.3 Å². The van der Waals surface area contributed by atoms with Gasteiger partial charge in [-0.3, -0.25) is 14.9 Å². The van der Waals surface area contributed by atoms with Gasteiger partial charge < -0.3 is 10.1 Å². The van der Waals surface area contributed by atoms with Gasteiger partial charge >= 0.3 is 0 Å². The normalized spacial score (nSPS) is 15.8. The van der Waals surface area contributed by atoms with Gasteiger partial charge in [-0.05, 0) is 43.5 Å². The molecule has 1 unspecified atom stereocenters. The molecule has 1 aromatic carbocycles. The Balaban J connectivity index is 1.61.